The van der Waals surface area contributed by atoms with Crippen LogP contribution in [0.4, 0.5) is 5.69 Å². The highest BCUT2D eigenvalue weighted by Gasteiger charge is 2.35. The van der Waals surface area contributed by atoms with E-state index in [0.29, 0.717) is 17.7 Å². The minimum Gasteiger partial charge on any atom is -0.376 e. The van der Waals surface area contributed by atoms with Gasteiger partial charge in [-0.15, -0.1) is 0 Å². The molecule has 1 amide bonds. The van der Waals surface area contributed by atoms with Gasteiger partial charge in [0.2, 0.25) is 15.9 Å². The van der Waals surface area contributed by atoms with Crippen molar-refractivity contribution in [1.29, 1.82) is 0 Å². The summed E-state index contributed by atoms with van der Waals surface area (Å²) in [6.07, 6.45) is 1.20. The maximum atomic E-state index is 12.6. The molecule has 1 aromatic carbocycles. The first-order valence-corrected chi connectivity index (χ1v) is 10.5. The minimum atomic E-state index is -3.63. The molecule has 134 valence electrons. The topological polar surface area (TPSA) is 84.5 Å². The predicted molar refractivity (Wildman–Crippen MR) is 97.0 cm³/mol. The fourth-order valence-corrected chi connectivity index (χ4v) is 5.28. The van der Waals surface area contributed by atoms with Crippen molar-refractivity contribution in [2.45, 2.75) is 37.2 Å². The first-order valence-electron chi connectivity index (χ1n) is 7.85. The van der Waals surface area contributed by atoms with Gasteiger partial charge >= 0.3 is 0 Å². The van der Waals surface area contributed by atoms with E-state index in [-0.39, 0.29) is 17.3 Å². The lowest BCUT2D eigenvalue weighted by Gasteiger charge is -2.26. The Morgan fingerprint density at radius 3 is 2.71 bits per heavy atom. The number of sulfonamides is 1. The lowest BCUT2D eigenvalue weighted by Crippen LogP contribution is -2.44. The number of carbonyl (C=O) groups is 1. The number of rotatable bonds is 7. The first-order chi connectivity index (χ1) is 11.3. The van der Waals surface area contributed by atoms with Crippen molar-refractivity contribution in [2.24, 2.45) is 0 Å². The van der Waals surface area contributed by atoms with Gasteiger partial charge in [0.25, 0.3) is 0 Å². The molecule has 2 N–H and O–H groups in total. The van der Waals surface area contributed by atoms with Gasteiger partial charge in [-0.2, -0.15) is 11.8 Å². The molecule has 1 aliphatic rings. The highest BCUT2D eigenvalue weighted by molar-refractivity contribution is 7.99. The van der Waals surface area contributed by atoms with Gasteiger partial charge in [-0.25, -0.2) is 13.1 Å². The van der Waals surface area contributed by atoms with Crippen LogP contribution in [0.15, 0.2) is 23.1 Å². The molecule has 1 saturated heterocycles. The normalized spacial score (nSPS) is 21.0. The van der Waals surface area contributed by atoms with Crippen LogP contribution in [0.2, 0.25) is 0 Å². The van der Waals surface area contributed by atoms with Gasteiger partial charge < -0.3 is 10.1 Å². The van der Waals surface area contributed by atoms with E-state index in [1.54, 1.807) is 44.9 Å². The molecule has 0 spiro atoms. The molecule has 1 fully saturated rings. The molecular weight excluding hydrogens is 348 g/mol. The molecule has 1 heterocycles. The van der Waals surface area contributed by atoms with Crippen molar-refractivity contribution in [2.75, 3.05) is 30.5 Å². The molecule has 1 aromatic rings. The monoisotopic (exact) mass is 372 g/mol. The van der Waals surface area contributed by atoms with Crippen LogP contribution < -0.4 is 10.0 Å². The summed E-state index contributed by atoms with van der Waals surface area (Å²) in [4.78, 5) is 11.7. The molecule has 0 aliphatic carbocycles. The Hall–Kier alpha value is -1.09. The van der Waals surface area contributed by atoms with Crippen LogP contribution in [0.25, 0.3) is 0 Å². The third-order valence-electron chi connectivity index (χ3n) is 4.15. The number of carbonyl (C=O) groups excluding carboxylic acids is 1. The van der Waals surface area contributed by atoms with Crippen molar-refractivity contribution >= 4 is 33.4 Å². The third-order valence-corrected chi connectivity index (χ3v) is 6.94. The molecule has 8 heteroatoms. The Labute approximate surface area is 147 Å². The van der Waals surface area contributed by atoms with Crippen molar-refractivity contribution < 1.29 is 17.9 Å². The van der Waals surface area contributed by atoms with Gasteiger partial charge in [0, 0.05) is 31.5 Å². The number of benzene rings is 1. The molecule has 0 bridgehead atoms. The molecule has 24 heavy (non-hydrogen) atoms. The maximum absolute atomic E-state index is 12.6. The Bertz CT molecular complexity index is 698. The third kappa shape index (κ3) is 4.50. The summed E-state index contributed by atoms with van der Waals surface area (Å²) in [7, 11) is -2.01. The number of nitrogens with one attached hydrogen (secondary N) is 2. The van der Waals surface area contributed by atoms with Gasteiger partial charge in [0.05, 0.1) is 10.5 Å². The Balaban J connectivity index is 2.12. The lowest BCUT2D eigenvalue weighted by atomic mass is 10.0. The molecule has 0 unspecified atom stereocenters. The van der Waals surface area contributed by atoms with Crippen molar-refractivity contribution in [1.82, 2.24) is 4.72 Å². The molecule has 0 radical (unpaired) electrons. The molecule has 0 aromatic heterocycles. The second-order valence-corrected chi connectivity index (χ2v) is 8.74. The zero-order valence-electron chi connectivity index (χ0n) is 14.2. The van der Waals surface area contributed by atoms with E-state index < -0.39 is 15.6 Å². The van der Waals surface area contributed by atoms with Crippen molar-refractivity contribution in [3.05, 3.63) is 23.8 Å². The standard InChI is InChI=1S/C16H24N2O4S2/c1-4-15(19)18-13-5-6-14(12(2)9-13)24(20,21)17-10-16(22-3)7-8-23-11-16/h5-6,9,17H,4,7-8,10-11H2,1-3H3,(H,18,19)/t16-/m1/s1. The van der Waals surface area contributed by atoms with Crippen LogP contribution in [-0.2, 0) is 19.6 Å². The van der Waals surface area contributed by atoms with Crippen LogP contribution in [0.5, 0.6) is 0 Å². The van der Waals surface area contributed by atoms with E-state index in [1.165, 1.54) is 6.07 Å². The van der Waals surface area contributed by atoms with Gasteiger partial charge in [0.1, 0.15) is 0 Å². The number of anilines is 1. The summed E-state index contributed by atoms with van der Waals surface area (Å²) in [5, 5.41) is 2.73. The quantitative estimate of drug-likeness (QED) is 0.766. The van der Waals surface area contributed by atoms with E-state index >= 15 is 0 Å². The summed E-state index contributed by atoms with van der Waals surface area (Å²) < 4.78 is 33.4. The van der Waals surface area contributed by atoms with Crippen molar-refractivity contribution in [3.8, 4) is 0 Å². The summed E-state index contributed by atoms with van der Waals surface area (Å²) in [5.41, 5.74) is 0.753. The molecule has 1 atom stereocenters. The van der Waals surface area contributed by atoms with Gasteiger partial charge in [-0.1, -0.05) is 6.92 Å². The number of aryl methyl sites for hydroxylation is 1. The molecule has 1 aliphatic heterocycles. The van der Waals surface area contributed by atoms with E-state index in [9.17, 15) is 13.2 Å². The summed E-state index contributed by atoms with van der Waals surface area (Å²) in [6.45, 7) is 3.73. The Morgan fingerprint density at radius 2 is 2.17 bits per heavy atom. The molecule has 2 rings (SSSR count). The number of methoxy groups -OCH3 is 1. The minimum absolute atomic E-state index is 0.107. The average Bonchev–Trinajstić information content (AvgIpc) is 3.02. The SMILES string of the molecule is CCC(=O)Nc1ccc(S(=O)(=O)NC[C@]2(OC)CCSC2)c(C)c1. The van der Waals surface area contributed by atoms with Crippen LogP contribution in [0.3, 0.4) is 0 Å². The fraction of sp³-hybridized carbons (Fsp3) is 0.562. The maximum Gasteiger partial charge on any atom is 0.240 e. The second kappa shape index (κ2) is 7.86. The zero-order valence-corrected chi connectivity index (χ0v) is 15.9. The van der Waals surface area contributed by atoms with Gasteiger partial charge in [0.15, 0.2) is 0 Å². The predicted octanol–water partition coefficient (Wildman–Crippen LogP) is 2.14. The van der Waals surface area contributed by atoms with E-state index in [2.05, 4.69) is 10.0 Å². The number of hydrogen-bond donors (Lipinski definition) is 2. The summed E-state index contributed by atoms with van der Waals surface area (Å²) in [6, 6.07) is 4.79. The molecular formula is C16H24N2O4S2. The Morgan fingerprint density at radius 1 is 1.42 bits per heavy atom. The molecule has 6 nitrogen and oxygen atoms in total. The van der Waals surface area contributed by atoms with Crippen LogP contribution >= 0.6 is 11.8 Å². The number of thioether (sulfide) groups is 1. The highest BCUT2D eigenvalue weighted by Crippen LogP contribution is 2.30. The number of ether oxygens (including phenoxy) is 1. The highest BCUT2D eigenvalue weighted by atomic mass is 32.2. The van der Waals surface area contributed by atoms with E-state index in [0.717, 1.165) is 17.9 Å². The largest absolute Gasteiger partial charge is 0.376 e. The summed E-state index contributed by atoms with van der Waals surface area (Å²) in [5.74, 6) is 1.65. The average molecular weight is 373 g/mol. The molecule has 0 saturated carbocycles. The van der Waals surface area contributed by atoms with E-state index in [4.69, 9.17) is 4.74 Å². The lowest BCUT2D eigenvalue weighted by molar-refractivity contribution is -0.115. The number of hydrogen-bond acceptors (Lipinski definition) is 5. The van der Waals surface area contributed by atoms with Crippen LogP contribution in [0, 0.1) is 6.92 Å². The second-order valence-electron chi connectivity index (χ2n) is 5.90. The smallest absolute Gasteiger partial charge is 0.240 e. The fourth-order valence-electron chi connectivity index (χ4n) is 2.54. The van der Waals surface area contributed by atoms with Crippen LogP contribution in [-0.4, -0.2) is 45.1 Å². The summed E-state index contributed by atoms with van der Waals surface area (Å²) >= 11 is 1.76. The van der Waals surface area contributed by atoms with Crippen molar-refractivity contribution in [3.63, 3.8) is 0 Å². The Kier molecular flexibility index (Phi) is 6.30. The zero-order chi connectivity index (χ0) is 17.8. The number of amides is 1. The van der Waals surface area contributed by atoms with Gasteiger partial charge in [-0.3, -0.25) is 4.79 Å². The van der Waals surface area contributed by atoms with Gasteiger partial charge in [-0.05, 0) is 42.9 Å². The first kappa shape index (κ1) is 19.2. The van der Waals surface area contributed by atoms with Crippen LogP contribution in [0.1, 0.15) is 25.3 Å². The van der Waals surface area contributed by atoms with E-state index in [1.807, 2.05) is 0 Å².